The third kappa shape index (κ3) is 2.90. The van der Waals surface area contributed by atoms with Gasteiger partial charge in [-0.2, -0.15) is 8.42 Å². The van der Waals surface area contributed by atoms with Gasteiger partial charge in [-0.1, -0.05) is 29.8 Å². The van der Waals surface area contributed by atoms with Gasteiger partial charge in [0.1, 0.15) is 10.6 Å². The fourth-order valence-electron chi connectivity index (χ4n) is 1.48. The van der Waals surface area contributed by atoms with E-state index in [4.69, 9.17) is 4.18 Å². The first-order valence-electron chi connectivity index (χ1n) is 5.40. The zero-order chi connectivity index (χ0) is 13.2. The number of aryl methyl sites for hydroxylation is 1. The van der Waals surface area contributed by atoms with Crippen molar-refractivity contribution in [1.82, 2.24) is 0 Å². The second-order valence-electron chi connectivity index (χ2n) is 4.00. The molecule has 0 aliphatic heterocycles. The summed E-state index contributed by atoms with van der Waals surface area (Å²) in [5.74, 6) is 0.267. The lowest BCUT2D eigenvalue weighted by Crippen LogP contribution is -2.09. The molecule has 0 saturated carbocycles. The molecule has 0 unspecified atom stereocenters. The summed E-state index contributed by atoms with van der Waals surface area (Å²) >= 11 is 0. The van der Waals surface area contributed by atoms with Crippen molar-refractivity contribution in [2.75, 3.05) is 0 Å². The third-order valence-corrected chi connectivity index (χ3v) is 3.68. The van der Waals surface area contributed by atoms with Crippen molar-refractivity contribution < 1.29 is 12.6 Å². The van der Waals surface area contributed by atoms with Gasteiger partial charge in [-0.15, -0.1) is 0 Å². The summed E-state index contributed by atoms with van der Waals surface area (Å²) in [7, 11) is -3.77. The normalized spacial score (nSPS) is 11.2. The highest BCUT2D eigenvalue weighted by atomic mass is 32.2. The summed E-state index contributed by atoms with van der Waals surface area (Å²) in [6, 6.07) is 13.1. The van der Waals surface area contributed by atoms with E-state index in [1.165, 1.54) is 12.1 Å². The molecule has 0 N–H and O–H groups in total. The molecule has 3 nitrogen and oxygen atoms in total. The van der Waals surface area contributed by atoms with Crippen LogP contribution >= 0.6 is 0 Å². The second-order valence-corrected chi connectivity index (χ2v) is 5.54. The fourth-order valence-corrected chi connectivity index (χ4v) is 2.40. The Kier molecular flexibility index (Phi) is 3.39. The standard InChI is InChI=1S/C14H13O3S/c1-11-6-8-14(9-7-11)18(15,16)17-13-5-3-4-12(2)10-13/h3-10H,2H2,1H3. The van der Waals surface area contributed by atoms with E-state index < -0.39 is 10.1 Å². The lowest BCUT2D eigenvalue weighted by molar-refractivity contribution is 0.486. The maximum absolute atomic E-state index is 12.0. The molecule has 0 saturated heterocycles. The van der Waals surface area contributed by atoms with Crippen molar-refractivity contribution in [3.8, 4) is 5.75 Å². The van der Waals surface area contributed by atoms with Gasteiger partial charge in [-0.05, 0) is 43.7 Å². The fraction of sp³-hybridized carbons (Fsp3) is 0.0714. The first-order valence-corrected chi connectivity index (χ1v) is 6.81. The third-order valence-electron chi connectivity index (χ3n) is 2.41. The highest BCUT2D eigenvalue weighted by molar-refractivity contribution is 7.87. The quantitative estimate of drug-likeness (QED) is 0.798. The highest BCUT2D eigenvalue weighted by Gasteiger charge is 2.16. The summed E-state index contributed by atoms with van der Waals surface area (Å²) in [5, 5.41) is 0. The molecule has 0 fully saturated rings. The monoisotopic (exact) mass is 261 g/mol. The lowest BCUT2D eigenvalue weighted by atomic mass is 10.2. The van der Waals surface area contributed by atoms with Crippen molar-refractivity contribution >= 4 is 10.1 Å². The SMILES string of the molecule is [CH2]c1cccc(OS(=O)(=O)c2ccc(C)cc2)c1. The Bertz CT molecular complexity index is 643. The van der Waals surface area contributed by atoms with Crippen molar-refractivity contribution in [3.05, 3.63) is 66.6 Å². The molecule has 4 heteroatoms. The Balaban J connectivity index is 2.30. The molecule has 0 aliphatic rings. The first-order chi connectivity index (χ1) is 8.47. The Hall–Kier alpha value is -1.81. The van der Waals surface area contributed by atoms with Crippen molar-refractivity contribution in [1.29, 1.82) is 0 Å². The molecule has 0 heterocycles. The van der Waals surface area contributed by atoms with Gasteiger partial charge in [0.15, 0.2) is 0 Å². The topological polar surface area (TPSA) is 43.4 Å². The van der Waals surface area contributed by atoms with Crippen LogP contribution in [0.3, 0.4) is 0 Å². The van der Waals surface area contributed by atoms with Crippen LogP contribution in [0.15, 0.2) is 53.4 Å². The second kappa shape index (κ2) is 4.82. The van der Waals surface area contributed by atoms with Crippen molar-refractivity contribution in [2.45, 2.75) is 11.8 Å². The van der Waals surface area contributed by atoms with E-state index in [-0.39, 0.29) is 10.6 Å². The number of hydrogen-bond acceptors (Lipinski definition) is 3. The van der Waals surface area contributed by atoms with Crippen molar-refractivity contribution in [2.24, 2.45) is 0 Å². The molecule has 93 valence electrons. The molecular weight excluding hydrogens is 248 g/mol. The van der Waals surface area contributed by atoms with E-state index in [0.717, 1.165) is 5.56 Å². The number of rotatable bonds is 3. The van der Waals surface area contributed by atoms with Crippen LogP contribution in [0, 0.1) is 13.8 Å². The van der Waals surface area contributed by atoms with Crippen LogP contribution in [0.1, 0.15) is 11.1 Å². The highest BCUT2D eigenvalue weighted by Crippen LogP contribution is 2.19. The average molecular weight is 261 g/mol. The van der Waals surface area contributed by atoms with Gasteiger partial charge < -0.3 is 4.18 Å². The van der Waals surface area contributed by atoms with E-state index in [2.05, 4.69) is 6.92 Å². The first kappa shape index (κ1) is 12.6. The minimum Gasteiger partial charge on any atom is -0.379 e. The zero-order valence-electron chi connectivity index (χ0n) is 9.96. The van der Waals surface area contributed by atoms with E-state index in [1.54, 1.807) is 36.4 Å². The van der Waals surface area contributed by atoms with Crippen LogP contribution in [0.2, 0.25) is 0 Å². The molecule has 2 aromatic rings. The molecule has 0 aliphatic carbocycles. The molecule has 0 amide bonds. The summed E-state index contributed by atoms with van der Waals surface area (Å²) in [5.41, 5.74) is 1.69. The van der Waals surface area contributed by atoms with Gasteiger partial charge in [0.2, 0.25) is 0 Å². The van der Waals surface area contributed by atoms with E-state index in [1.807, 2.05) is 6.92 Å². The molecule has 1 radical (unpaired) electrons. The van der Waals surface area contributed by atoms with Gasteiger partial charge in [-0.3, -0.25) is 0 Å². The van der Waals surface area contributed by atoms with Gasteiger partial charge in [-0.25, -0.2) is 0 Å². The number of hydrogen-bond donors (Lipinski definition) is 0. The maximum Gasteiger partial charge on any atom is 0.339 e. The maximum atomic E-state index is 12.0. The number of benzene rings is 2. The van der Waals surface area contributed by atoms with Crippen LogP contribution in [0.5, 0.6) is 5.75 Å². The Morgan fingerprint density at radius 1 is 1.06 bits per heavy atom. The summed E-state index contributed by atoms with van der Waals surface area (Å²) < 4.78 is 29.0. The summed E-state index contributed by atoms with van der Waals surface area (Å²) in [4.78, 5) is 0.141. The Morgan fingerprint density at radius 2 is 1.72 bits per heavy atom. The molecule has 0 spiro atoms. The molecule has 0 aromatic heterocycles. The van der Waals surface area contributed by atoms with Gasteiger partial charge in [0, 0.05) is 0 Å². The largest absolute Gasteiger partial charge is 0.379 e. The molecular formula is C14H13O3S. The van der Waals surface area contributed by atoms with Gasteiger partial charge in [0.25, 0.3) is 0 Å². The van der Waals surface area contributed by atoms with E-state index in [0.29, 0.717) is 5.56 Å². The lowest BCUT2D eigenvalue weighted by Gasteiger charge is -2.07. The van der Waals surface area contributed by atoms with Crippen LogP contribution in [-0.2, 0) is 10.1 Å². The van der Waals surface area contributed by atoms with Crippen LogP contribution in [-0.4, -0.2) is 8.42 Å². The molecule has 2 aromatic carbocycles. The Morgan fingerprint density at radius 3 is 2.33 bits per heavy atom. The minimum atomic E-state index is -3.77. The van der Waals surface area contributed by atoms with Gasteiger partial charge in [0.05, 0.1) is 0 Å². The predicted molar refractivity (Wildman–Crippen MR) is 69.9 cm³/mol. The predicted octanol–water partition coefficient (Wildman–Crippen LogP) is 2.94. The molecule has 18 heavy (non-hydrogen) atoms. The Labute approximate surface area is 107 Å². The van der Waals surface area contributed by atoms with Crippen LogP contribution in [0.25, 0.3) is 0 Å². The van der Waals surface area contributed by atoms with Crippen LogP contribution in [0.4, 0.5) is 0 Å². The summed E-state index contributed by atoms with van der Waals surface area (Å²) in [6.07, 6.45) is 0. The molecule has 2 rings (SSSR count). The van der Waals surface area contributed by atoms with Crippen LogP contribution < -0.4 is 4.18 Å². The van der Waals surface area contributed by atoms with E-state index in [9.17, 15) is 8.42 Å². The van der Waals surface area contributed by atoms with Gasteiger partial charge >= 0.3 is 10.1 Å². The zero-order valence-corrected chi connectivity index (χ0v) is 10.8. The molecule has 0 bridgehead atoms. The van der Waals surface area contributed by atoms with E-state index >= 15 is 0 Å². The smallest absolute Gasteiger partial charge is 0.339 e. The molecule has 0 atom stereocenters. The minimum absolute atomic E-state index is 0.141. The van der Waals surface area contributed by atoms with Crippen molar-refractivity contribution in [3.63, 3.8) is 0 Å². The average Bonchev–Trinajstić information content (AvgIpc) is 2.29. The summed E-state index contributed by atoms with van der Waals surface area (Å²) in [6.45, 7) is 5.61.